The molecule has 12 heterocycles. The average molecular weight is 2030 g/mol. The van der Waals surface area contributed by atoms with Gasteiger partial charge in [0.1, 0.15) is 37.2 Å². The third-order valence-electron chi connectivity index (χ3n) is 24.1. The lowest BCUT2D eigenvalue weighted by Gasteiger charge is -2.40. The third kappa shape index (κ3) is 23.9. The van der Waals surface area contributed by atoms with Crippen LogP contribution in [0.4, 0.5) is 85.8 Å². The van der Waals surface area contributed by atoms with Crippen LogP contribution in [0.3, 0.4) is 0 Å². The van der Waals surface area contributed by atoms with Crippen LogP contribution in [-0.4, -0.2) is 288 Å². The van der Waals surface area contributed by atoms with Gasteiger partial charge in [0.15, 0.2) is 92.3 Å². The van der Waals surface area contributed by atoms with Crippen molar-refractivity contribution in [2.45, 2.75) is 83.5 Å². The van der Waals surface area contributed by atoms with E-state index in [1.165, 1.54) is 68.6 Å². The zero-order valence-electron chi connectivity index (χ0n) is 89.8. The summed E-state index contributed by atoms with van der Waals surface area (Å²) in [5.74, 6) is -0.483. The molecular formula is C95H113N35O17. The minimum Gasteiger partial charge on any atom is -0.494 e. The molecule has 4 saturated heterocycles. The van der Waals surface area contributed by atoms with Gasteiger partial charge in [-0.25, -0.2) is 19.9 Å². The standard InChI is InChI=1S/2C24H29N9O4.C23H25N9O4.C23H26N8O5.CH4/c2*1-25-24(35)20-17(9-19(29-30-20)28-23(34)13-5-6-13)27-18-8-14(33-10-15(11-33)36-3)7-16(21(18)37-4)22-26-12-32(2)31-22;1-24-23(35)19-15(10-17(28-29-19)27-22(34)12-4-5-12)26-16-9-13(32-7-6-18(32)33)8-14(20(16)36-3)21-25-11-31(2)30-21;1-24-23(33)19-16(8-18(28-29-19)27-22(32)12-4-5-12)26-17-7-13(36-14-9-35-10-14)6-15(20(17)34-3)21-25-11-31(2)30-21;/h2*7-9,12-13,15H,5-6,10-11H2,1-4H3,(H,25,35)(H2,27,28,29,34);8-12H,4-7H2,1-3H3,(H,24,35)(H2,26,27,28,34);6-8,11-12,14H,4-5,9-10H2,1-3H3,(H,24,33)(H2,26,27,28,32);1H4/i1D3;;2*1D3;. The summed E-state index contributed by atoms with van der Waals surface area (Å²) in [6, 6.07) is 20.2. The van der Waals surface area contributed by atoms with E-state index in [2.05, 4.69) is 139 Å². The molecule has 8 aliphatic rings. The number of nitrogens with zero attached hydrogens (tertiary/aromatic N) is 23. The van der Waals surface area contributed by atoms with Crippen molar-refractivity contribution in [3.8, 4) is 74.3 Å². The number of hydrogen-bond acceptors (Lipinski definition) is 39. The highest BCUT2D eigenvalue weighted by molar-refractivity contribution is 6.06. The number of ether oxygens (including phenoxy) is 8. The van der Waals surface area contributed by atoms with Crippen LogP contribution in [-0.2, 0) is 66.4 Å². The Labute approximate surface area is 854 Å². The van der Waals surface area contributed by atoms with E-state index in [0.717, 1.165) is 75.8 Å². The molecule has 52 nitrogen and oxygen atoms in total. The summed E-state index contributed by atoms with van der Waals surface area (Å²) in [6.07, 6.45) is 13.1. The number of benzene rings is 4. The number of aromatic nitrogens is 20. The van der Waals surface area contributed by atoms with Gasteiger partial charge >= 0.3 is 0 Å². The normalized spacial score (nSPS) is 16.1. The molecule has 0 spiro atoms. The summed E-state index contributed by atoms with van der Waals surface area (Å²) in [5.41, 5.74) is 5.86. The second-order valence-electron chi connectivity index (χ2n) is 34.8. The van der Waals surface area contributed by atoms with Gasteiger partial charge < -0.3 is 116 Å². The quantitative estimate of drug-likeness (QED) is 0.0183. The lowest BCUT2D eigenvalue weighted by molar-refractivity contribution is -0.122. The lowest BCUT2D eigenvalue weighted by Crippen LogP contribution is -2.51. The molecule has 0 atom stereocenters. The Morgan fingerprint density at radius 3 is 0.905 bits per heavy atom. The Hall–Kier alpha value is -17.3. The zero-order chi connectivity index (χ0) is 110. The Morgan fingerprint density at radius 1 is 0.367 bits per heavy atom. The maximum Gasteiger partial charge on any atom is 0.273 e. The van der Waals surface area contributed by atoms with Crippen molar-refractivity contribution in [1.29, 1.82) is 0 Å². The van der Waals surface area contributed by atoms with Gasteiger partial charge in [0.25, 0.3) is 23.6 Å². The molecule has 8 fully saturated rings. The second kappa shape index (κ2) is 45.1. The molecule has 12 aromatic rings. The van der Waals surface area contributed by atoms with Crippen LogP contribution < -0.4 is 102 Å². The SMILES string of the molecule is C.CNC(=O)c1nnc(NC(=O)C2CC2)cc1Nc1cc(N2CC(OC)C2)cc(-c2ncn(C)n2)c1OC.[2H]C([2H])([2H])NC(=O)c1nnc(NC(=O)C2CC2)cc1Nc1cc(N2CC(OC)C2)cc(-c2ncn(C)n2)c1OC.[2H]C([2H])([2H])NC(=O)c1nnc(NC(=O)C2CC2)cc1Nc1cc(N2CCC2=O)cc(-c2ncn(C)n2)c1OC.[2H]C([2H])([2H])NC(=O)c1nnc(NC(=O)C2CC2)cc1Nc1cc(OC2COC2)cc(-c2ncn(C)n2)c1OC. The molecule has 9 amide bonds. The fourth-order valence-corrected chi connectivity index (χ4v) is 15.5. The predicted molar refractivity (Wildman–Crippen MR) is 537 cm³/mol. The monoisotopic (exact) mass is 2020 g/mol. The van der Waals surface area contributed by atoms with Gasteiger partial charge in [-0.3, -0.25) is 61.9 Å². The van der Waals surface area contributed by atoms with Crippen molar-refractivity contribution in [1.82, 2.24) is 121 Å². The zero-order valence-corrected chi connectivity index (χ0v) is 80.8. The molecule has 8 aromatic heterocycles. The van der Waals surface area contributed by atoms with Crippen LogP contribution in [0.25, 0.3) is 45.6 Å². The summed E-state index contributed by atoms with van der Waals surface area (Å²) in [6.45, 7) is -4.11. The van der Waals surface area contributed by atoms with E-state index in [4.69, 9.17) is 50.2 Å². The number of methoxy groups -OCH3 is 6. The Balaban J connectivity index is 0.000000147. The average Bonchev–Trinajstić information content (AvgIpc) is 1.25. The van der Waals surface area contributed by atoms with E-state index < -0.39 is 44.6 Å². The van der Waals surface area contributed by atoms with Gasteiger partial charge in [-0.05, 0) is 93.8 Å². The first-order valence-corrected chi connectivity index (χ1v) is 46.0. The molecule has 0 bridgehead atoms. The van der Waals surface area contributed by atoms with Crippen molar-refractivity contribution in [3.63, 3.8) is 0 Å². The lowest BCUT2D eigenvalue weighted by atomic mass is 10.1. The molecular weight excluding hydrogens is 1900 g/mol. The highest BCUT2D eigenvalue weighted by atomic mass is 16.6. The van der Waals surface area contributed by atoms with E-state index in [1.807, 2.05) is 40.2 Å². The van der Waals surface area contributed by atoms with Crippen molar-refractivity contribution >= 4 is 139 Å². The van der Waals surface area contributed by atoms with Crippen LogP contribution in [0.1, 0.15) is 120 Å². The number of β-lactam (4-membered cyclic amide) rings is 1. The number of amides is 9. The highest BCUT2D eigenvalue weighted by Crippen LogP contribution is 2.48. The number of carbonyl (C=O) groups is 9. The topological polar surface area (TPSA) is 608 Å². The molecule has 4 aromatic carbocycles. The number of nitrogens with one attached hydrogen (secondary N) is 12. The minimum absolute atomic E-state index is 0. The van der Waals surface area contributed by atoms with Gasteiger partial charge in [-0.2, -0.15) is 20.4 Å². The van der Waals surface area contributed by atoms with Crippen molar-refractivity contribution in [3.05, 3.63) is 121 Å². The van der Waals surface area contributed by atoms with E-state index in [0.29, 0.717) is 148 Å². The third-order valence-corrected chi connectivity index (χ3v) is 24.1. The summed E-state index contributed by atoms with van der Waals surface area (Å²) in [4.78, 5) is 136. The Kier molecular flexibility index (Phi) is 27.9. The van der Waals surface area contributed by atoms with Crippen LogP contribution in [0.5, 0.6) is 28.7 Å². The van der Waals surface area contributed by atoms with Gasteiger partial charge in [0, 0.05) is 193 Å². The summed E-state index contributed by atoms with van der Waals surface area (Å²) < 4.78 is 118. The molecule has 0 unspecified atom stereocenters. The van der Waals surface area contributed by atoms with Gasteiger partial charge in [0.05, 0.1) is 122 Å². The van der Waals surface area contributed by atoms with E-state index >= 15 is 0 Å². The van der Waals surface area contributed by atoms with Gasteiger partial charge in [-0.1, -0.05) is 7.43 Å². The minimum atomic E-state index is -2.78. The van der Waals surface area contributed by atoms with Crippen molar-refractivity contribution < 1.29 is 93.4 Å². The molecule has 0 radical (unpaired) electrons. The first-order chi connectivity index (χ1) is 74.0. The Bertz CT molecular complexity index is 7340. The van der Waals surface area contributed by atoms with E-state index in [-0.39, 0.29) is 142 Å². The number of carbonyl (C=O) groups excluding carboxylic acids is 9. The molecule has 4 aliphatic heterocycles. The molecule has 147 heavy (non-hydrogen) atoms. The predicted octanol–water partition coefficient (Wildman–Crippen LogP) is 6.75. The fourth-order valence-electron chi connectivity index (χ4n) is 15.5. The summed E-state index contributed by atoms with van der Waals surface area (Å²) >= 11 is 0. The van der Waals surface area contributed by atoms with Crippen LogP contribution >= 0.6 is 0 Å². The number of anilines is 15. The van der Waals surface area contributed by atoms with Gasteiger partial charge in [0.2, 0.25) is 29.5 Å². The number of aryl methyl sites for hydroxylation is 4. The molecule has 20 rings (SSSR count). The molecule has 4 saturated carbocycles. The van der Waals surface area contributed by atoms with E-state index in [1.54, 1.807) is 107 Å². The first kappa shape index (κ1) is 90.9. The highest BCUT2D eigenvalue weighted by Gasteiger charge is 2.39. The maximum atomic E-state index is 12.9. The summed E-state index contributed by atoms with van der Waals surface area (Å²) in [7, 11) is 17.8. The number of rotatable bonds is 35. The van der Waals surface area contributed by atoms with Crippen LogP contribution in [0, 0.1) is 23.7 Å². The smallest absolute Gasteiger partial charge is 0.273 e. The van der Waals surface area contributed by atoms with Crippen molar-refractivity contribution in [2.24, 2.45) is 51.9 Å². The largest absolute Gasteiger partial charge is 0.494 e. The van der Waals surface area contributed by atoms with Crippen LogP contribution in [0.15, 0.2) is 98.1 Å². The molecule has 4 aliphatic carbocycles. The number of hydrogen-bond donors (Lipinski definition) is 12. The Morgan fingerprint density at radius 2 is 0.660 bits per heavy atom. The second-order valence-corrected chi connectivity index (χ2v) is 34.8. The molecule has 12 N–H and O–H groups in total. The van der Waals surface area contributed by atoms with Gasteiger partial charge in [-0.15, -0.1) is 40.8 Å². The molecule has 52 heteroatoms. The molecule has 770 valence electrons. The first-order valence-electron chi connectivity index (χ1n) is 50.5. The summed E-state index contributed by atoms with van der Waals surface area (Å²) in [5, 5.41) is 81.0. The fraction of sp³-hybridized carbons (Fsp3) is 0.400. The van der Waals surface area contributed by atoms with E-state index in [9.17, 15) is 43.2 Å². The van der Waals surface area contributed by atoms with Crippen LogP contribution in [0.2, 0.25) is 0 Å². The maximum absolute atomic E-state index is 12.9. The van der Waals surface area contributed by atoms with Crippen molar-refractivity contribution in [2.75, 3.05) is 174 Å².